The van der Waals surface area contributed by atoms with Gasteiger partial charge in [0.25, 0.3) is 0 Å². The molecule has 0 spiro atoms. The number of rotatable bonds is 4. The Morgan fingerprint density at radius 3 is 2.81 bits per heavy atom. The number of hydrogen-bond acceptors (Lipinski definition) is 6. The first kappa shape index (κ1) is 16.5. The molecule has 0 radical (unpaired) electrons. The van der Waals surface area contributed by atoms with E-state index in [2.05, 4.69) is 15.4 Å². The van der Waals surface area contributed by atoms with Gasteiger partial charge in [-0.2, -0.15) is 4.98 Å². The maximum Gasteiger partial charge on any atom is 0.250 e. The van der Waals surface area contributed by atoms with Crippen LogP contribution in [0.4, 0.5) is 11.6 Å². The summed E-state index contributed by atoms with van der Waals surface area (Å²) in [5.74, 6) is 0.221. The number of aryl methyl sites for hydroxylation is 1. The van der Waals surface area contributed by atoms with Gasteiger partial charge in [0.05, 0.1) is 18.7 Å². The van der Waals surface area contributed by atoms with Gasteiger partial charge in [0.15, 0.2) is 0 Å². The third kappa shape index (κ3) is 2.90. The SMILES string of the molecule is COc1ccc(N2CC(C(=O)Nc3nc4scc(C)n4n3)CC2=O)cc1. The fourth-order valence-electron chi connectivity index (χ4n) is 2.95. The van der Waals surface area contributed by atoms with Gasteiger partial charge in [-0.15, -0.1) is 16.4 Å². The minimum atomic E-state index is -0.438. The molecular formula is C17H17N5O3S. The Bertz CT molecular complexity index is 978. The van der Waals surface area contributed by atoms with Crippen LogP contribution in [0, 0.1) is 12.8 Å². The summed E-state index contributed by atoms with van der Waals surface area (Å²) in [6.07, 6.45) is 0.166. The lowest BCUT2D eigenvalue weighted by atomic mass is 10.1. The predicted octanol–water partition coefficient (Wildman–Crippen LogP) is 2.10. The van der Waals surface area contributed by atoms with Crippen LogP contribution in [-0.4, -0.2) is 40.1 Å². The van der Waals surface area contributed by atoms with Gasteiger partial charge in [-0.25, -0.2) is 4.52 Å². The Morgan fingerprint density at radius 1 is 1.35 bits per heavy atom. The summed E-state index contributed by atoms with van der Waals surface area (Å²) in [7, 11) is 1.59. The molecule has 9 heteroatoms. The van der Waals surface area contributed by atoms with Crippen molar-refractivity contribution < 1.29 is 14.3 Å². The number of fused-ring (bicyclic) bond motifs is 1. The van der Waals surface area contributed by atoms with E-state index in [1.165, 1.54) is 11.3 Å². The van der Waals surface area contributed by atoms with Gasteiger partial charge in [-0.05, 0) is 31.2 Å². The molecule has 4 rings (SSSR count). The molecule has 1 fully saturated rings. The molecule has 2 aromatic heterocycles. The summed E-state index contributed by atoms with van der Waals surface area (Å²) in [5, 5.41) is 8.94. The number of benzene rings is 1. The maximum atomic E-state index is 12.5. The van der Waals surface area contributed by atoms with Crippen molar-refractivity contribution in [1.29, 1.82) is 0 Å². The van der Waals surface area contributed by atoms with Crippen LogP contribution in [0.2, 0.25) is 0 Å². The summed E-state index contributed by atoms with van der Waals surface area (Å²) >= 11 is 1.46. The smallest absolute Gasteiger partial charge is 0.250 e. The summed E-state index contributed by atoms with van der Waals surface area (Å²) < 4.78 is 6.81. The van der Waals surface area contributed by atoms with Crippen LogP contribution in [0.5, 0.6) is 5.75 Å². The third-order valence-electron chi connectivity index (χ3n) is 4.36. The van der Waals surface area contributed by atoms with Gasteiger partial charge >= 0.3 is 0 Å². The number of amides is 2. The Kier molecular flexibility index (Phi) is 4.08. The van der Waals surface area contributed by atoms with Crippen molar-refractivity contribution in [3.8, 4) is 5.75 Å². The predicted molar refractivity (Wildman–Crippen MR) is 97.7 cm³/mol. The Labute approximate surface area is 153 Å². The molecule has 26 heavy (non-hydrogen) atoms. The average molecular weight is 371 g/mol. The van der Waals surface area contributed by atoms with E-state index in [-0.39, 0.29) is 24.2 Å². The number of carbonyl (C=O) groups is 2. The van der Waals surface area contributed by atoms with Gasteiger partial charge in [0.1, 0.15) is 5.75 Å². The zero-order chi connectivity index (χ0) is 18.3. The van der Waals surface area contributed by atoms with Crippen molar-refractivity contribution in [3.05, 3.63) is 35.3 Å². The Balaban J connectivity index is 1.45. The molecule has 1 N–H and O–H groups in total. The highest BCUT2D eigenvalue weighted by atomic mass is 32.1. The van der Waals surface area contributed by atoms with Crippen LogP contribution < -0.4 is 15.0 Å². The molecule has 2 amide bonds. The quantitative estimate of drug-likeness (QED) is 0.759. The number of anilines is 2. The van der Waals surface area contributed by atoms with E-state index in [1.54, 1.807) is 28.7 Å². The maximum absolute atomic E-state index is 12.5. The van der Waals surface area contributed by atoms with Crippen molar-refractivity contribution in [2.24, 2.45) is 5.92 Å². The Hall–Kier alpha value is -2.94. The highest BCUT2D eigenvalue weighted by molar-refractivity contribution is 7.15. The van der Waals surface area contributed by atoms with E-state index in [0.29, 0.717) is 6.54 Å². The van der Waals surface area contributed by atoms with Gasteiger partial charge in [-0.3, -0.25) is 14.9 Å². The highest BCUT2D eigenvalue weighted by Gasteiger charge is 2.35. The lowest BCUT2D eigenvalue weighted by molar-refractivity contribution is -0.122. The second kappa shape index (κ2) is 6.41. The number of aromatic nitrogens is 3. The van der Waals surface area contributed by atoms with E-state index in [1.807, 2.05) is 24.4 Å². The molecule has 3 aromatic rings. The molecule has 1 saturated heterocycles. The van der Waals surface area contributed by atoms with E-state index >= 15 is 0 Å². The normalized spacial score (nSPS) is 17.1. The summed E-state index contributed by atoms with van der Waals surface area (Å²) in [6.45, 7) is 2.25. The van der Waals surface area contributed by atoms with Crippen molar-refractivity contribution in [2.45, 2.75) is 13.3 Å². The Morgan fingerprint density at radius 2 is 2.12 bits per heavy atom. The number of nitrogens with zero attached hydrogens (tertiary/aromatic N) is 4. The van der Waals surface area contributed by atoms with E-state index in [4.69, 9.17) is 4.74 Å². The molecule has 1 atom stereocenters. The highest BCUT2D eigenvalue weighted by Crippen LogP contribution is 2.27. The topological polar surface area (TPSA) is 88.8 Å². The molecule has 0 aliphatic carbocycles. The molecular weight excluding hydrogens is 354 g/mol. The minimum absolute atomic E-state index is 0.0788. The van der Waals surface area contributed by atoms with E-state index in [9.17, 15) is 9.59 Å². The van der Waals surface area contributed by atoms with Gasteiger partial charge in [0.2, 0.25) is 22.7 Å². The zero-order valence-electron chi connectivity index (χ0n) is 14.3. The van der Waals surface area contributed by atoms with Crippen LogP contribution in [0.15, 0.2) is 29.6 Å². The number of hydrogen-bond donors (Lipinski definition) is 1. The average Bonchev–Trinajstić information content (AvgIpc) is 3.31. The second-order valence-electron chi connectivity index (χ2n) is 6.10. The molecule has 1 aromatic carbocycles. The third-order valence-corrected chi connectivity index (χ3v) is 5.30. The number of thiazole rings is 1. The monoisotopic (exact) mass is 371 g/mol. The summed E-state index contributed by atoms with van der Waals surface area (Å²) in [5.41, 5.74) is 1.71. The molecule has 134 valence electrons. The van der Waals surface area contributed by atoms with Crippen LogP contribution >= 0.6 is 11.3 Å². The van der Waals surface area contributed by atoms with Crippen molar-refractivity contribution in [2.75, 3.05) is 23.9 Å². The van der Waals surface area contributed by atoms with Crippen LogP contribution in [0.3, 0.4) is 0 Å². The van der Waals surface area contributed by atoms with Gasteiger partial charge < -0.3 is 9.64 Å². The molecule has 0 bridgehead atoms. The van der Waals surface area contributed by atoms with Gasteiger partial charge in [0, 0.05) is 24.0 Å². The molecule has 8 nitrogen and oxygen atoms in total. The van der Waals surface area contributed by atoms with Crippen LogP contribution in [-0.2, 0) is 9.59 Å². The fourth-order valence-corrected chi connectivity index (χ4v) is 3.75. The second-order valence-corrected chi connectivity index (χ2v) is 6.94. The lowest BCUT2D eigenvalue weighted by Crippen LogP contribution is -2.28. The largest absolute Gasteiger partial charge is 0.497 e. The van der Waals surface area contributed by atoms with Gasteiger partial charge in [-0.1, -0.05) is 0 Å². The number of carbonyl (C=O) groups excluding carboxylic acids is 2. The summed E-state index contributed by atoms with van der Waals surface area (Å²) in [4.78, 5) is 31.5. The molecule has 3 heterocycles. The van der Waals surface area contributed by atoms with Crippen molar-refractivity contribution in [3.63, 3.8) is 0 Å². The fraction of sp³-hybridized carbons (Fsp3) is 0.294. The van der Waals surface area contributed by atoms with Crippen molar-refractivity contribution in [1.82, 2.24) is 14.6 Å². The minimum Gasteiger partial charge on any atom is -0.497 e. The first-order chi connectivity index (χ1) is 12.5. The first-order valence-electron chi connectivity index (χ1n) is 8.11. The number of nitrogens with one attached hydrogen (secondary N) is 1. The molecule has 1 unspecified atom stereocenters. The van der Waals surface area contributed by atoms with E-state index in [0.717, 1.165) is 22.1 Å². The van der Waals surface area contributed by atoms with Crippen molar-refractivity contribution >= 4 is 39.7 Å². The van der Waals surface area contributed by atoms with E-state index < -0.39 is 5.92 Å². The number of ether oxygens (including phenoxy) is 1. The molecule has 1 aliphatic heterocycles. The standard InChI is InChI=1S/C17H17N5O3S/c1-10-9-26-17-19-16(20-22(10)17)18-15(24)11-7-14(23)21(8-11)12-3-5-13(25-2)6-4-12/h3-6,9,11H,7-8H2,1-2H3,(H,18,20,24). The van der Waals surface area contributed by atoms with Crippen LogP contribution in [0.25, 0.3) is 4.96 Å². The summed E-state index contributed by atoms with van der Waals surface area (Å²) in [6, 6.07) is 7.20. The molecule has 0 saturated carbocycles. The molecule has 1 aliphatic rings. The number of methoxy groups -OCH3 is 1. The van der Waals surface area contributed by atoms with Crippen LogP contribution in [0.1, 0.15) is 12.1 Å². The zero-order valence-corrected chi connectivity index (χ0v) is 15.1. The lowest BCUT2D eigenvalue weighted by Gasteiger charge is -2.16. The first-order valence-corrected chi connectivity index (χ1v) is 8.99.